The van der Waals surface area contributed by atoms with E-state index in [1.807, 2.05) is 3.58 Å². The summed E-state index contributed by atoms with van der Waals surface area (Å²) in [5.74, 6) is 0. The zero-order valence-electron chi connectivity index (χ0n) is 1.96. The Morgan fingerprint density at radius 1 is 1.75 bits per heavy atom. The monoisotopic (exact) mass is 425 g/mol. The summed E-state index contributed by atoms with van der Waals surface area (Å²) in [4.78, 5) is 0. The standard InChI is InChI=1S/CN.Au.Hg/c1-2;;. The molecule has 0 bridgehead atoms. The molecule has 0 amide bonds. The van der Waals surface area contributed by atoms with E-state index in [0.29, 0.717) is 26.1 Å². The van der Waals surface area contributed by atoms with Crippen LogP contribution in [0.5, 0.6) is 0 Å². The average molecular weight is 424 g/mol. The van der Waals surface area contributed by atoms with Gasteiger partial charge in [0.2, 0.25) is 0 Å². The van der Waals surface area contributed by atoms with Gasteiger partial charge in [-0.2, -0.15) is 0 Å². The normalized spacial score (nSPS) is 2.25. The first kappa shape index (κ1) is 8.94. The zero-order chi connectivity index (χ0) is 2.71. The molecule has 0 unspecified atom stereocenters. The Morgan fingerprint density at radius 3 is 1.75 bits per heavy atom. The first-order chi connectivity index (χ1) is 1.41. The molecule has 0 heterocycles. The molecule has 0 saturated heterocycles. The van der Waals surface area contributed by atoms with Crippen molar-refractivity contribution in [2.45, 2.75) is 0 Å². The van der Waals surface area contributed by atoms with Gasteiger partial charge in [-0.3, -0.25) is 0 Å². The van der Waals surface area contributed by atoms with Gasteiger partial charge < -0.3 is 0 Å². The van der Waals surface area contributed by atoms with Gasteiger partial charge in [-0.15, -0.1) is 0 Å². The summed E-state index contributed by atoms with van der Waals surface area (Å²) in [5, 5.41) is 7.41. The van der Waals surface area contributed by atoms with Crippen LogP contribution in [0.25, 0.3) is 0 Å². The van der Waals surface area contributed by atoms with Crippen LogP contribution in [0, 0.1) is 8.84 Å². The maximum Gasteiger partial charge on any atom is 0 e. The third-order valence-corrected chi connectivity index (χ3v) is 0. The Bertz CT molecular complexity index is 29.5. The molecule has 0 rings (SSSR count). The maximum absolute atomic E-state index is 7.41. The number of nitriles is 1. The van der Waals surface area contributed by atoms with Crippen LogP contribution >= 0.6 is 0 Å². The predicted octanol–water partition coefficient (Wildman–Crippen LogP) is 0.0118. The fourth-order valence-electron chi connectivity index (χ4n) is 0. The Hall–Kier alpha value is 1.17. The second kappa shape index (κ2) is 8.90. The third-order valence-electron chi connectivity index (χ3n) is 0. The molecule has 4 heavy (non-hydrogen) atoms. The smallest absolute Gasteiger partial charge is 0 e. The van der Waals surface area contributed by atoms with Gasteiger partial charge in [0.25, 0.3) is 0 Å². The minimum Gasteiger partial charge on any atom is 0 e. The van der Waals surface area contributed by atoms with Crippen LogP contribution in [-0.2, 0) is 48.5 Å². The SMILES string of the molecule is N#[C][Hg].[Au]. The second-order valence-corrected chi connectivity index (χ2v) is 1.39. The maximum atomic E-state index is 7.41. The van der Waals surface area contributed by atoms with Gasteiger partial charge >= 0.3 is 35.0 Å². The Morgan fingerprint density at radius 2 is 1.75 bits per heavy atom. The molecule has 1 radical (unpaired) electrons. The van der Waals surface area contributed by atoms with Crippen molar-refractivity contribution in [3.63, 3.8) is 0 Å². The van der Waals surface area contributed by atoms with E-state index in [0.717, 1.165) is 0 Å². The van der Waals surface area contributed by atoms with E-state index >= 15 is 0 Å². The van der Waals surface area contributed by atoms with Crippen LogP contribution in [0.1, 0.15) is 0 Å². The van der Waals surface area contributed by atoms with Crippen molar-refractivity contribution in [3.05, 3.63) is 0 Å². The first-order valence-electron chi connectivity index (χ1n) is 0.577. The van der Waals surface area contributed by atoms with Crippen molar-refractivity contribution in [1.82, 2.24) is 0 Å². The minimum absolute atomic E-state index is 0. The van der Waals surface area contributed by atoms with Gasteiger partial charge in [0.05, 0.1) is 0 Å². The molecular formula is CAuHgN. The van der Waals surface area contributed by atoms with E-state index in [4.69, 9.17) is 5.26 Å². The van der Waals surface area contributed by atoms with Gasteiger partial charge in [0, 0.05) is 22.4 Å². The Balaban J connectivity index is 0. The van der Waals surface area contributed by atoms with Gasteiger partial charge in [0.15, 0.2) is 0 Å². The summed E-state index contributed by atoms with van der Waals surface area (Å²) in [6.07, 6.45) is 0. The van der Waals surface area contributed by atoms with Crippen LogP contribution in [0.15, 0.2) is 0 Å². The third kappa shape index (κ3) is 10.9. The van der Waals surface area contributed by atoms with Gasteiger partial charge in [-0.05, 0) is 0 Å². The molecule has 0 aliphatic carbocycles. The first-order valence-corrected chi connectivity index (χ1v) is 3.33. The van der Waals surface area contributed by atoms with Gasteiger partial charge in [-0.1, -0.05) is 0 Å². The summed E-state index contributed by atoms with van der Waals surface area (Å²) < 4.78 is 1.94. The van der Waals surface area contributed by atoms with Crippen LogP contribution in [0.4, 0.5) is 0 Å². The van der Waals surface area contributed by atoms with E-state index in [1.165, 1.54) is 0 Å². The quantitative estimate of drug-likeness (QED) is 0.504. The van der Waals surface area contributed by atoms with E-state index < -0.39 is 0 Å². The molecule has 3 heteroatoms. The van der Waals surface area contributed by atoms with Crippen LogP contribution < -0.4 is 0 Å². The van der Waals surface area contributed by atoms with E-state index in [2.05, 4.69) is 0 Å². The molecule has 0 aromatic rings. The van der Waals surface area contributed by atoms with Crippen molar-refractivity contribution in [2.75, 3.05) is 0 Å². The van der Waals surface area contributed by atoms with Crippen molar-refractivity contribution in [1.29, 1.82) is 5.26 Å². The van der Waals surface area contributed by atoms with Gasteiger partial charge in [0.1, 0.15) is 0 Å². The van der Waals surface area contributed by atoms with Crippen molar-refractivity contribution >= 4 is 0 Å². The molecule has 0 aromatic carbocycles. The molecule has 0 spiro atoms. The summed E-state index contributed by atoms with van der Waals surface area (Å²) in [5.41, 5.74) is 0. The molecule has 0 atom stereocenters. The van der Waals surface area contributed by atoms with Crippen LogP contribution in [0.3, 0.4) is 0 Å². The molecule has 0 N–H and O–H groups in total. The number of hydrogen-bond acceptors (Lipinski definition) is 1. The molecule has 0 aliphatic rings. The molecule has 0 aromatic heterocycles. The molecular weight excluding hydrogens is 424 g/mol. The number of hydrogen-bond donors (Lipinski definition) is 0. The molecule has 0 fully saturated rings. The summed E-state index contributed by atoms with van der Waals surface area (Å²) in [6.45, 7) is 0. The van der Waals surface area contributed by atoms with Crippen LogP contribution in [-0.4, -0.2) is 0 Å². The summed E-state index contributed by atoms with van der Waals surface area (Å²) in [7, 11) is 0. The summed E-state index contributed by atoms with van der Waals surface area (Å²) >= 11 is 0.372. The van der Waals surface area contributed by atoms with Crippen molar-refractivity contribution in [3.8, 4) is 3.58 Å². The molecule has 22 valence electrons. The summed E-state index contributed by atoms with van der Waals surface area (Å²) in [6, 6.07) is 0. The Labute approximate surface area is 56.9 Å². The van der Waals surface area contributed by atoms with Crippen molar-refractivity contribution in [2.24, 2.45) is 0 Å². The minimum atomic E-state index is 0. The Kier molecular flexibility index (Phi) is 19.9. The number of nitrogens with zero attached hydrogens (tertiary/aromatic N) is 1. The van der Waals surface area contributed by atoms with E-state index in [1.54, 1.807) is 0 Å². The topological polar surface area (TPSA) is 23.8 Å². The van der Waals surface area contributed by atoms with Gasteiger partial charge in [-0.25, -0.2) is 0 Å². The molecule has 1 nitrogen and oxygen atoms in total. The largest absolute Gasteiger partial charge is 0 e. The predicted molar refractivity (Wildman–Crippen MR) is 5.61 cm³/mol. The van der Waals surface area contributed by atoms with Crippen LogP contribution in [0.2, 0.25) is 0 Å². The second-order valence-electron chi connectivity index (χ2n) is 0.158. The fourth-order valence-corrected chi connectivity index (χ4v) is 0. The zero-order valence-corrected chi connectivity index (χ0v) is 9.62. The fraction of sp³-hybridized carbons (Fsp3) is 0. The molecule has 0 saturated carbocycles. The van der Waals surface area contributed by atoms with E-state index in [-0.39, 0.29) is 22.4 Å². The van der Waals surface area contributed by atoms with E-state index in [9.17, 15) is 0 Å². The average Bonchev–Trinajstić information content (AvgIpc) is 0.918. The number of rotatable bonds is 0. The van der Waals surface area contributed by atoms with Crippen molar-refractivity contribution < 1.29 is 48.5 Å². The molecule has 0 aliphatic heterocycles.